The molecule has 0 saturated carbocycles. The van der Waals surface area contributed by atoms with Gasteiger partial charge in [0, 0.05) is 45.1 Å². The molecule has 3 atom stereocenters. The Hall–Kier alpha value is -1.21. The van der Waals surface area contributed by atoms with Crippen LogP contribution in [0, 0.1) is 17.8 Å². The van der Waals surface area contributed by atoms with Crippen LogP contribution in [-0.2, 0) is 33.6 Å². The Morgan fingerprint density at radius 1 is 0.450 bits per heavy atom. The predicted molar refractivity (Wildman–Crippen MR) is 250 cm³/mol. The predicted octanol–water partition coefficient (Wildman–Crippen LogP) is 11.8. The fourth-order valence-electron chi connectivity index (χ4n) is 7.09. The SMILES string of the molecule is O=C(O)CCCCCCCCCCCCCCCCCCCCC(=O)C[C@@H](CCC(=O)C[C@@H](CCC(=O)NCCCC[C@@H](C(=O)O)C1SSC2(SS1)SS2)C(=O)O)C(=O)O. The minimum Gasteiger partial charge on any atom is -0.481 e. The third kappa shape index (κ3) is 27.1. The molecule has 2 rings (SSSR count). The highest BCUT2D eigenvalue weighted by molar-refractivity contribution is 9.14. The molecular formula is C42H69NO11S6. The van der Waals surface area contributed by atoms with Crippen molar-refractivity contribution >= 4 is 106 Å². The van der Waals surface area contributed by atoms with E-state index in [2.05, 4.69) is 5.32 Å². The maximum Gasteiger partial charge on any atom is 0.308 e. The number of unbranched alkanes of at least 4 members (excludes halogenated alkanes) is 18. The number of nitrogens with one attached hydrogen (secondary N) is 1. The number of hydrogen-bond donors (Lipinski definition) is 5. The summed E-state index contributed by atoms with van der Waals surface area (Å²) in [6.45, 7) is 0.341. The molecule has 2 heterocycles. The Balaban J connectivity index is 1.46. The zero-order chi connectivity index (χ0) is 44.0. The van der Waals surface area contributed by atoms with Crippen molar-refractivity contribution < 1.29 is 54.0 Å². The second-order valence-electron chi connectivity index (χ2n) is 16.1. The molecule has 1 amide bonds. The van der Waals surface area contributed by atoms with Crippen LogP contribution >= 0.6 is 64.8 Å². The van der Waals surface area contributed by atoms with Gasteiger partial charge in [-0.2, -0.15) is 0 Å². The number of carbonyl (C=O) groups is 7. The van der Waals surface area contributed by atoms with E-state index >= 15 is 0 Å². The molecule has 0 unspecified atom stereocenters. The quantitative estimate of drug-likeness (QED) is 0.0219. The van der Waals surface area contributed by atoms with Crippen LogP contribution in [0.25, 0.3) is 0 Å². The summed E-state index contributed by atoms with van der Waals surface area (Å²) in [6, 6.07) is 0. The number of Topliss-reactive ketones (excluding diaryl/α,β-unsaturated/α-hetero) is 2. The van der Waals surface area contributed by atoms with E-state index in [9.17, 15) is 48.9 Å². The maximum absolute atomic E-state index is 12.7. The number of hydrogen-bond acceptors (Lipinski definition) is 13. The maximum atomic E-state index is 12.7. The molecule has 0 aromatic rings. The van der Waals surface area contributed by atoms with Crippen molar-refractivity contribution in [3.8, 4) is 0 Å². The highest BCUT2D eigenvalue weighted by Gasteiger charge is 2.53. The monoisotopic (exact) mass is 955 g/mol. The summed E-state index contributed by atoms with van der Waals surface area (Å²) in [5.41, 5.74) is 0. The fourth-order valence-corrected chi connectivity index (χ4v) is 20.9. The van der Waals surface area contributed by atoms with Gasteiger partial charge >= 0.3 is 23.9 Å². The molecule has 344 valence electrons. The number of ketones is 2. The second-order valence-corrected chi connectivity index (χ2v) is 25.6. The van der Waals surface area contributed by atoms with Crippen molar-refractivity contribution in [2.75, 3.05) is 6.54 Å². The van der Waals surface area contributed by atoms with Gasteiger partial charge in [0.1, 0.15) is 11.6 Å². The van der Waals surface area contributed by atoms with Crippen LogP contribution in [-0.4, -0.2) is 75.6 Å². The summed E-state index contributed by atoms with van der Waals surface area (Å²) in [4.78, 5) is 83.8. The summed E-state index contributed by atoms with van der Waals surface area (Å²) in [5, 5.41) is 40.5. The summed E-state index contributed by atoms with van der Waals surface area (Å²) in [6.07, 6.45) is 22.1. The Labute approximate surface area is 380 Å². The molecule has 12 nitrogen and oxygen atoms in total. The molecule has 0 aromatic heterocycles. The van der Waals surface area contributed by atoms with E-state index < -0.39 is 47.4 Å². The lowest BCUT2D eigenvalue weighted by Crippen LogP contribution is -2.27. The molecule has 1 spiro atoms. The van der Waals surface area contributed by atoms with Crippen LogP contribution in [0.4, 0.5) is 0 Å². The molecule has 2 saturated heterocycles. The van der Waals surface area contributed by atoms with Crippen LogP contribution in [0.1, 0.15) is 186 Å². The Morgan fingerprint density at radius 2 is 0.867 bits per heavy atom. The van der Waals surface area contributed by atoms with Crippen LogP contribution in [0.2, 0.25) is 0 Å². The van der Waals surface area contributed by atoms with Crippen LogP contribution in [0.5, 0.6) is 0 Å². The molecule has 2 aliphatic heterocycles. The highest BCUT2D eigenvalue weighted by atomic mass is 33.2. The van der Waals surface area contributed by atoms with E-state index in [0.29, 0.717) is 38.6 Å². The molecule has 2 fully saturated rings. The van der Waals surface area contributed by atoms with E-state index in [4.69, 9.17) is 5.11 Å². The van der Waals surface area contributed by atoms with Crippen molar-refractivity contribution in [2.45, 2.75) is 194 Å². The van der Waals surface area contributed by atoms with Gasteiger partial charge in [-0.1, -0.05) is 152 Å². The van der Waals surface area contributed by atoms with Crippen LogP contribution in [0.15, 0.2) is 0 Å². The van der Waals surface area contributed by atoms with Gasteiger partial charge in [-0.3, -0.25) is 33.6 Å². The number of carboxylic acid groups (broad SMARTS) is 4. The third-order valence-electron chi connectivity index (χ3n) is 10.9. The van der Waals surface area contributed by atoms with Crippen molar-refractivity contribution in [3.63, 3.8) is 0 Å². The summed E-state index contributed by atoms with van der Waals surface area (Å²) >= 11 is 0. The number of amides is 1. The minimum atomic E-state index is -1.20. The lowest BCUT2D eigenvalue weighted by molar-refractivity contribution is -0.145. The molecule has 2 aliphatic rings. The molecule has 18 heteroatoms. The standard InChI is InChI=1S/C42H69NO11S6/c44-33(21-17-15-13-11-9-7-5-3-1-2-4-6-8-10-12-14-16-18-23-37(47)48)29-31(38(49)50)24-26-34(45)30-32(39(51)52)25-27-36(46)43-28-20-19-22-35(40(53)54)41-55-57-42(58-56-41)59-60-42/h31-32,35,41H,1-30H2,(H,43,46)(H,47,48)(H,49,50)(H,51,52)(H,53,54)/t31-,32-,35+/m1/s1. The van der Waals surface area contributed by atoms with E-state index in [0.717, 1.165) is 38.5 Å². The van der Waals surface area contributed by atoms with Crippen molar-refractivity contribution in [1.82, 2.24) is 5.32 Å². The van der Waals surface area contributed by atoms with Crippen LogP contribution < -0.4 is 5.32 Å². The molecule has 0 aliphatic carbocycles. The molecular weight excluding hydrogens is 887 g/mol. The largest absolute Gasteiger partial charge is 0.481 e. The molecule has 60 heavy (non-hydrogen) atoms. The van der Waals surface area contributed by atoms with Gasteiger partial charge in [-0.25, -0.2) is 0 Å². The molecule has 0 bridgehead atoms. The Morgan fingerprint density at radius 3 is 1.28 bits per heavy atom. The lowest BCUT2D eigenvalue weighted by Gasteiger charge is -2.27. The van der Waals surface area contributed by atoms with Crippen molar-refractivity contribution in [2.24, 2.45) is 17.8 Å². The van der Waals surface area contributed by atoms with Gasteiger partial charge in [0.05, 0.1) is 22.3 Å². The van der Waals surface area contributed by atoms with Gasteiger partial charge in [-0.15, -0.1) is 0 Å². The third-order valence-corrected chi connectivity index (χ3v) is 24.7. The zero-order valence-electron chi connectivity index (χ0n) is 35.1. The van der Waals surface area contributed by atoms with Crippen molar-refractivity contribution in [3.05, 3.63) is 0 Å². The topological polar surface area (TPSA) is 212 Å². The number of aliphatic carboxylic acids is 4. The van der Waals surface area contributed by atoms with E-state index in [1.807, 2.05) is 0 Å². The average Bonchev–Trinajstić information content (AvgIpc) is 3.96. The fraction of sp³-hybridized carbons (Fsp3) is 0.833. The Kier molecular flexibility index (Phi) is 30.5. The van der Waals surface area contributed by atoms with Gasteiger partial charge in [0.2, 0.25) is 5.91 Å². The number of carboxylic acids is 4. The number of carbonyl (C=O) groups excluding carboxylic acids is 3. The highest BCUT2D eigenvalue weighted by Crippen LogP contribution is 2.84. The number of rotatable bonds is 40. The molecule has 0 aromatic carbocycles. The first kappa shape index (κ1) is 54.9. The van der Waals surface area contributed by atoms with E-state index in [-0.39, 0.29) is 64.0 Å². The lowest BCUT2D eigenvalue weighted by atomic mass is 9.90. The van der Waals surface area contributed by atoms with Gasteiger partial charge in [0.25, 0.3) is 0 Å². The van der Waals surface area contributed by atoms with E-state index in [1.165, 1.54) is 70.6 Å². The van der Waals surface area contributed by atoms with Gasteiger partial charge < -0.3 is 25.7 Å². The van der Waals surface area contributed by atoms with Gasteiger partial charge in [-0.05, 0) is 60.1 Å². The second kappa shape index (κ2) is 33.3. The summed E-state index contributed by atoms with van der Waals surface area (Å²) in [5.74, 6) is -7.32. The summed E-state index contributed by atoms with van der Waals surface area (Å²) in [7, 11) is 10.3. The molecule has 5 N–H and O–H groups in total. The van der Waals surface area contributed by atoms with E-state index in [1.54, 1.807) is 64.8 Å². The first-order valence-corrected chi connectivity index (χ1v) is 28.7. The molecule has 0 radical (unpaired) electrons. The Bertz CT molecular complexity index is 1310. The van der Waals surface area contributed by atoms with Crippen LogP contribution in [0.3, 0.4) is 0 Å². The summed E-state index contributed by atoms with van der Waals surface area (Å²) < 4.78 is 0.0597. The zero-order valence-corrected chi connectivity index (χ0v) is 40.0. The first-order chi connectivity index (χ1) is 28.8. The van der Waals surface area contributed by atoms with Gasteiger partial charge in [0.15, 0.2) is 2.74 Å². The first-order valence-electron chi connectivity index (χ1n) is 22.1. The normalized spacial score (nSPS) is 16.2. The van der Waals surface area contributed by atoms with Crippen molar-refractivity contribution in [1.29, 1.82) is 0 Å². The smallest absolute Gasteiger partial charge is 0.308 e. The minimum absolute atomic E-state index is 0.0387. The average molecular weight is 956 g/mol.